The Morgan fingerprint density at radius 3 is 2.25 bits per heavy atom. The molecule has 0 saturated heterocycles. The zero-order valence-electron chi connectivity index (χ0n) is 6.99. The van der Waals surface area contributed by atoms with Gasteiger partial charge < -0.3 is 5.11 Å². The van der Waals surface area contributed by atoms with Crippen molar-refractivity contribution in [2.24, 2.45) is 5.92 Å². The molecule has 0 amide bonds. The normalized spacial score (nSPS) is 24.8. The first kappa shape index (κ1) is 10.4. The van der Waals surface area contributed by atoms with Crippen LogP contribution in [0.2, 0.25) is 0 Å². The van der Waals surface area contributed by atoms with Crippen molar-refractivity contribution in [3.63, 3.8) is 0 Å². The van der Waals surface area contributed by atoms with Crippen molar-refractivity contribution in [2.75, 3.05) is 0 Å². The molecular formula is C8H13BrF2O. The van der Waals surface area contributed by atoms with E-state index in [1.54, 1.807) is 0 Å². The van der Waals surface area contributed by atoms with Crippen LogP contribution in [0.4, 0.5) is 8.78 Å². The molecule has 72 valence electrons. The molecule has 1 aliphatic rings. The first-order valence-corrected chi connectivity index (χ1v) is 4.91. The lowest BCUT2D eigenvalue weighted by Gasteiger charge is -2.35. The SMILES string of the molecule is CC(O)(CC1CCC1)C(F)(F)Br. The van der Waals surface area contributed by atoms with Gasteiger partial charge in [0.05, 0.1) is 0 Å². The fourth-order valence-corrected chi connectivity index (χ4v) is 1.54. The first-order valence-electron chi connectivity index (χ1n) is 4.12. The van der Waals surface area contributed by atoms with Crippen LogP contribution in [0.3, 0.4) is 0 Å². The second-order valence-corrected chi connectivity index (χ2v) is 4.77. The van der Waals surface area contributed by atoms with Gasteiger partial charge in [0.1, 0.15) is 5.60 Å². The van der Waals surface area contributed by atoms with Gasteiger partial charge in [-0.15, -0.1) is 0 Å². The van der Waals surface area contributed by atoms with E-state index >= 15 is 0 Å². The van der Waals surface area contributed by atoms with Crippen molar-refractivity contribution in [2.45, 2.75) is 43.0 Å². The van der Waals surface area contributed by atoms with E-state index in [2.05, 4.69) is 15.9 Å². The smallest absolute Gasteiger partial charge is 0.329 e. The van der Waals surface area contributed by atoms with E-state index < -0.39 is 10.4 Å². The van der Waals surface area contributed by atoms with Crippen molar-refractivity contribution < 1.29 is 13.9 Å². The van der Waals surface area contributed by atoms with Crippen molar-refractivity contribution in [3.05, 3.63) is 0 Å². The lowest BCUT2D eigenvalue weighted by Crippen LogP contribution is -2.43. The van der Waals surface area contributed by atoms with Gasteiger partial charge in [-0.2, -0.15) is 8.78 Å². The molecule has 0 aliphatic heterocycles. The molecule has 0 heterocycles. The van der Waals surface area contributed by atoms with E-state index in [1.165, 1.54) is 6.92 Å². The van der Waals surface area contributed by atoms with Gasteiger partial charge >= 0.3 is 4.83 Å². The lowest BCUT2D eigenvalue weighted by molar-refractivity contribution is -0.120. The molecule has 4 heteroatoms. The van der Waals surface area contributed by atoms with Crippen LogP contribution in [0.5, 0.6) is 0 Å². The number of aliphatic hydroxyl groups is 1. The Morgan fingerprint density at radius 1 is 1.50 bits per heavy atom. The van der Waals surface area contributed by atoms with Gasteiger partial charge in [-0.3, -0.25) is 0 Å². The molecule has 1 rings (SSSR count). The highest BCUT2D eigenvalue weighted by molar-refractivity contribution is 9.10. The summed E-state index contributed by atoms with van der Waals surface area (Å²) in [5.41, 5.74) is -1.90. The molecule has 0 radical (unpaired) electrons. The highest BCUT2D eigenvalue weighted by Gasteiger charge is 2.48. The molecule has 12 heavy (non-hydrogen) atoms. The minimum absolute atomic E-state index is 0.186. The Labute approximate surface area is 79.3 Å². The van der Waals surface area contributed by atoms with Crippen molar-refractivity contribution in [1.82, 2.24) is 0 Å². The van der Waals surface area contributed by atoms with Crippen molar-refractivity contribution in [1.29, 1.82) is 0 Å². The summed E-state index contributed by atoms with van der Waals surface area (Å²) in [6, 6.07) is 0. The van der Waals surface area contributed by atoms with Gasteiger partial charge in [0, 0.05) is 0 Å². The average Bonchev–Trinajstić information content (AvgIpc) is 1.76. The van der Waals surface area contributed by atoms with Crippen LogP contribution < -0.4 is 0 Å². The Morgan fingerprint density at radius 2 is 2.00 bits per heavy atom. The molecule has 1 saturated carbocycles. The van der Waals surface area contributed by atoms with Crippen molar-refractivity contribution >= 4 is 15.9 Å². The third-order valence-corrected chi connectivity index (χ3v) is 3.38. The summed E-state index contributed by atoms with van der Waals surface area (Å²) < 4.78 is 25.4. The van der Waals surface area contributed by atoms with Crippen LogP contribution >= 0.6 is 15.9 Å². The Bertz CT molecular complexity index is 161. The summed E-state index contributed by atoms with van der Waals surface area (Å²) in [5, 5.41) is 9.39. The second-order valence-electron chi connectivity index (χ2n) is 3.77. The highest BCUT2D eigenvalue weighted by atomic mass is 79.9. The molecule has 1 aliphatic carbocycles. The van der Waals surface area contributed by atoms with Gasteiger partial charge in [0.2, 0.25) is 0 Å². The molecule has 1 unspecified atom stereocenters. The number of alkyl halides is 3. The van der Waals surface area contributed by atoms with Crippen LogP contribution in [0.25, 0.3) is 0 Å². The van der Waals surface area contributed by atoms with E-state index in [9.17, 15) is 13.9 Å². The maximum atomic E-state index is 12.7. The summed E-state index contributed by atoms with van der Waals surface area (Å²) in [7, 11) is 0. The molecule has 0 aromatic rings. The minimum Gasteiger partial charge on any atom is -0.383 e. The number of rotatable bonds is 3. The van der Waals surface area contributed by atoms with Crippen LogP contribution in [0.15, 0.2) is 0 Å². The van der Waals surface area contributed by atoms with Gasteiger partial charge in [0.25, 0.3) is 0 Å². The topological polar surface area (TPSA) is 20.2 Å². The van der Waals surface area contributed by atoms with Crippen LogP contribution in [-0.4, -0.2) is 15.5 Å². The van der Waals surface area contributed by atoms with Gasteiger partial charge in [-0.1, -0.05) is 19.3 Å². The number of halogens is 3. The lowest BCUT2D eigenvalue weighted by atomic mass is 9.78. The predicted molar refractivity (Wildman–Crippen MR) is 46.5 cm³/mol. The number of hydrogen-bond acceptors (Lipinski definition) is 1. The van der Waals surface area contributed by atoms with Crippen LogP contribution in [-0.2, 0) is 0 Å². The van der Waals surface area contributed by atoms with Gasteiger partial charge in [-0.05, 0) is 35.2 Å². The first-order chi connectivity index (χ1) is 5.33. The summed E-state index contributed by atoms with van der Waals surface area (Å²) in [5.74, 6) is 0.281. The molecule has 1 atom stereocenters. The van der Waals surface area contributed by atoms with E-state index in [0.717, 1.165) is 19.3 Å². The Kier molecular flexibility index (Phi) is 2.78. The molecule has 1 fully saturated rings. The summed E-state index contributed by atoms with van der Waals surface area (Å²) in [6.07, 6.45) is 3.23. The Hall–Kier alpha value is 0.300. The molecule has 1 nitrogen and oxygen atoms in total. The minimum atomic E-state index is -3.17. The number of hydrogen-bond donors (Lipinski definition) is 1. The summed E-state index contributed by atoms with van der Waals surface area (Å²) >= 11 is 2.20. The fraction of sp³-hybridized carbons (Fsp3) is 1.00. The van der Waals surface area contributed by atoms with Gasteiger partial charge in [-0.25, -0.2) is 0 Å². The van der Waals surface area contributed by atoms with Crippen LogP contribution in [0.1, 0.15) is 32.6 Å². The average molecular weight is 243 g/mol. The quantitative estimate of drug-likeness (QED) is 0.755. The standard InChI is InChI=1S/C8H13BrF2O/c1-7(12,8(9,10)11)5-6-3-2-4-6/h6,12H,2-5H2,1H3. The molecule has 0 aromatic carbocycles. The van der Waals surface area contributed by atoms with Crippen LogP contribution in [0, 0.1) is 5.92 Å². The largest absolute Gasteiger partial charge is 0.383 e. The Balaban J connectivity index is 2.46. The van der Waals surface area contributed by atoms with Gasteiger partial charge in [0.15, 0.2) is 0 Å². The third kappa shape index (κ3) is 2.16. The van der Waals surface area contributed by atoms with E-state index in [1.807, 2.05) is 0 Å². The zero-order chi connectivity index (χ0) is 9.41. The molecule has 0 aromatic heterocycles. The molecular weight excluding hydrogens is 230 g/mol. The summed E-state index contributed by atoms with van der Waals surface area (Å²) in [4.78, 5) is -3.17. The highest BCUT2D eigenvalue weighted by Crippen LogP contribution is 2.42. The summed E-state index contributed by atoms with van der Waals surface area (Å²) in [6.45, 7) is 1.18. The third-order valence-electron chi connectivity index (χ3n) is 2.52. The van der Waals surface area contributed by atoms with E-state index in [4.69, 9.17) is 0 Å². The molecule has 0 spiro atoms. The maximum Gasteiger partial charge on any atom is 0.329 e. The maximum absolute atomic E-state index is 12.7. The van der Waals surface area contributed by atoms with E-state index in [-0.39, 0.29) is 12.3 Å². The second kappa shape index (κ2) is 3.22. The molecule has 1 N–H and O–H groups in total. The van der Waals surface area contributed by atoms with E-state index in [0.29, 0.717) is 0 Å². The zero-order valence-corrected chi connectivity index (χ0v) is 8.57. The van der Waals surface area contributed by atoms with Crippen molar-refractivity contribution in [3.8, 4) is 0 Å². The fourth-order valence-electron chi connectivity index (χ4n) is 1.37. The monoisotopic (exact) mass is 242 g/mol. The molecule has 0 bridgehead atoms. The predicted octanol–water partition coefficient (Wildman–Crippen LogP) is 2.92.